The Kier molecular flexibility index (Phi) is 9.03. The number of furan rings is 2. The highest BCUT2D eigenvalue weighted by atomic mass is 16.3. The molecule has 4 heteroatoms. The van der Waals surface area contributed by atoms with Gasteiger partial charge in [-0.3, -0.25) is 0 Å². The minimum Gasteiger partial charge on any atom is -0.454 e. The van der Waals surface area contributed by atoms with Crippen molar-refractivity contribution in [3.8, 4) is 0 Å². The van der Waals surface area contributed by atoms with Crippen molar-refractivity contribution in [3.63, 3.8) is 0 Å². The first-order valence-corrected chi connectivity index (χ1v) is 23.1. The summed E-state index contributed by atoms with van der Waals surface area (Å²) in [5.41, 5.74) is 13.6. The third-order valence-corrected chi connectivity index (χ3v) is 13.7. The van der Waals surface area contributed by atoms with Crippen molar-refractivity contribution < 1.29 is 8.83 Å². The lowest BCUT2D eigenvalue weighted by molar-refractivity contribution is 0.669. The van der Waals surface area contributed by atoms with Gasteiger partial charge in [0.2, 0.25) is 0 Å². The first-order chi connectivity index (χ1) is 31.7. The number of fused-ring (bicyclic) bond motifs is 6. The van der Waals surface area contributed by atoms with Crippen LogP contribution >= 0.6 is 0 Å². The third-order valence-electron chi connectivity index (χ3n) is 13.7. The SMILES string of the molecule is CC(C)c1cccc(N(c2cc(N(c3cccc(C(C)C)c3)c3cccc4c3oc3ccccc34)c3ccc4cc(C(C)C)cc5ccc2c3c54)c2cccc3c2oc2ccccc23)c1. The number of benzene rings is 10. The summed E-state index contributed by atoms with van der Waals surface area (Å²) in [6.07, 6.45) is 0. The molecule has 0 fully saturated rings. The van der Waals surface area contributed by atoms with E-state index in [0.29, 0.717) is 17.8 Å². The smallest absolute Gasteiger partial charge is 0.159 e. The van der Waals surface area contributed by atoms with Crippen LogP contribution in [0, 0.1) is 0 Å². The number of rotatable bonds is 9. The zero-order valence-corrected chi connectivity index (χ0v) is 37.7. The van der Waals surface area contributed by atoms with Crippen molar-refractivity contribution in [1.82, 2.24) is 0 Å². The van der Waals surface area contributed by atoms with Crippen molar-refractivity contribution in [2.75, 3.05) is 9.80 Å². The fraction of sp³-hybridized carbons (Fsp3) is 0.148. The molecule has 0 aliphatic rings. The molecule has 0 N–H and O–H groups in total. The second-order valence-corrected chi connectivity index (χ2v) is 18.7. The largest absolute Gasteiger partial charge is 0.454 e. The standard InChI is InChI=1S/C61H50N2O2/c1-36(2)39-15-11-17-44(33-39)62(52-23-13-21-48-46-19-7-9-25-56(46)64-60(48)52)54-35-55(51-30-28-42-32-43(38(5)6)31-41-27-29-50(54)59(51)58(41)42)63(45-18-12-16-40(34-45)37(3)4)53-24-14-22-49-47-20-8-10-26-57(47)65-61(49)53/h7-38H,1-6H3. The first kappa shape index (κ1) is 39.1. The van der Waals surface area contributed by atoms with Gasteiger partial charge in [-0.25, -0.2) is 0 Å². The van der Waals surface area contributed by atoms with E-state index in [-0.39, 0.29) is 0 Å². The van der Waals surface area contributed by atoms with E-state index in [1.54, 1.807) is 0 Å². The van der Waals surface area contributed by atoms with Gasteiger partial charge in [-0.1, -0.05) is 163 Å². The molecule has 316 valence electrons. The topological polar surface area (TPSA) is 32.8 Å². The summed E-state index contributed by atoms with van der Waals surface area (Å²) in [6, 6.07) is 64.6. The predicted octanol–water partition coefficient (Wildman–Crippen LogP) is 18.7. The molecule has 12 aromatic rings. The van der Waals surface area contributed by atoms with E-state index < -0.39 is 0 Å². The normalized spacial score (nSPS) is 12.3. The van der Waals surface area contributed by atoms with Crippen LogP contribution in [0.2, 0.25) is 0 Å². The fourth-order valence-corrected chi connectivity index (χ4v) is 10.3. The average Bonchev–Trinajstić information content (AvgIpc) is 3.91. The zero-order valence-electron chi connectivity index (χ0n) is 37.7. The molecule has 12 rings (SSSR count). The molecule has 0 saturated carbocycles. The highest BCUT2D eigenvalue weighted by molar-refractivity contribution is 6.29. The molecule has 0 saturated heterocycles. The molecular weight excluding hydrogens is 793 g/mol. The van der Waals surface area contributed by atoms with E-state index >= 15 is 0 Å². The van der Waals surface area contributed by atoms with Crippen molar-refractivity contribution in [1.29, 1.82) is 0 Å². The van der Waals surface area contributed by atoms with Gasteiger partial charge in [0.1, 0.15) is 11.2 Å². The molecule has 0 aliphatic carbocycles. The van der Waals surface area contributed by atoms with E-state index in [4.69, 9.17) is 8.83 Å². The molecule has 2 aromatic heterocycles. The van der Waals surface area contributed by atoms with Gasteiger partial charge in [0, 0.05) is 49.1 Å². The van der Waals surface area contributed by atoms with Gasteiger partial charge in [0.05, 0.1) is 22.7 Å². The molecule has 0 aliphatic heterocycles. The van der Waals surface area contributed by atoms with E-state index in [0.717, 1.165) is 78.0 Å². The zero-order chi connectivity index (χ0) is 44.1. The highest BCUT2D eigenvalue weighted by Crippen LogP contribution is 2.53. The molecule has 10 aromatic carbocycles. The van der Waals surface area contributed by atoms with Gasteiger partial charge in [0.15, 0.2) is 11.2 Å². The molecule has 2 heterocycles. The van der Waals surface area contributed by atoms with E-state index in [9.17, 15) is 0 Å². The van der Waals surface area contributed by atoms with Gasteiger partial charge in [0.25, 0.3) is 0 Å². The Labute approximate surface area is 379 Å². The minimum atomic E-state index is 0.332. The van der Waals surface area contributed by atoms with E-state index in [1.807, 2.05) is 0 Å². The maximum absolute atomic E-state index is 6.91. The van der Waals surface area contributed by atoms with Gasteiger partial charge < -0.3 is 18.6 Å². The van der Waals surface area contributed by atoms with Gasteiger partial charge in [-0.2, -0.15) is 0 Å². The summed E-state index contributed by atoms with van der Waals surface area (Å²) in [6.45, 7) is 13.6. The molecule has 0 atom stereocenters. The lowest BCUT2D eigenvalue weighted by atomic mass is 9.88. The van der Waals surface area contributed by atoms with Crippen LogP contribution in [0.3, 0.4) is 0 Å². The number of hydrogen-bond acceptors (Lipinski definition) is 4. The van der Waals surface area contributed by atoms with Crippen LogP contribution in [0.5, 0.6) is 0 Å². The Balaban J connectivity index is 1.26. The second-order valence-electron chi connectivity index (χ2n) is 18.7. The minimum absolute atomic E-state index is 0.332. The number of anilines is 6. The Bertz CT molecular complexity index is 3550. The van der Waals surface area contributed by atoms with Crippen molar-refractivity contribution in [2.24, 2.45) is 0 Å². The van der Waals surface area contributed by atoms with Crippen LogP contribution in [-0.4, -0.2) is 0 Å². The molecule has 0 radical (unpaired) electrons. The number of para-hydroxylation sites is 4. The Hall–Kier alpha value is -7.56. The number of nitrogens with zero attached hydrogens (tertiary/aromatic N) is 2. The Morgan fingerprint density at radius 3 is 1.22 bits per heavy atom. The molecule has 0 unspecified atom stereocenters. The van der Waals surface area contributed by atoms with Crippen molar-refractivity contribution in [3.05, 3.63) is 193 Å². The lowest BCUT2D eigenvalue weighted by Gasteiger charge is -2.32. The molecule has 4 nitrogen and oxygen atoms in total. The van der Waals surface area contributed by atoms with Crippen LogP contribution in [0.4, 0.5) is 34.1 Å². The maximum atomic E-state index is 6.91. The molecule has 65 heavy (non-hydrogen) atoms. The molecule has 0 bridgehead atoms. The Morgan fingerprint density at radius 1 is 0.323 bits per heavy atom. The first-order valence-electron chi connectivity index (χ1n) is 23.1. The summed E-state index contributed by atoms with van der Waals surface area (Å²) in [4.78, 5) is 4.91. The highest BCUT2D eigenvalue weighted by Gasteiger charge is 2.28. The summed E-state index contributed by atoms with van der Waals surface area (Å²) < 4.78 is 13.8. The molecular formula is C61H50N2O2. The van der Waals surface area contributed by atoms with Crippen LogP contribution in [0.1, 0.15) is 76.0 Å². The average molecular weight is 843 g/mol. The van der Waals surface area contributed by atoms with Gasteiger partial charge >= 0.3 is 0 Å². The number of hydrogen-bond donors (Lipinski definition) is 0. The summed E-state index contributed by atoms with van der Waals surface area (Å²) in [5, 5.41) is 11.7. The second kappa shape index (κ2) is 15.0. The van der Waals surface area contributed by atoms with E-state index in [1.165, 1.54) is 49.0 Å². The van der Waals surface area contributed by atoms with Crippen LogP contribution in [0.25, 0.3) is 76.2 Å². The van der Waals surface area contributed by atoms with E-state index in [2.05, 4.69) is 227 Å². The quantitative estimate of drug-likeness (QED) is 0.136. The predicted molar refractivity (Wildman–Crippen MR) is 276 cm³/mol. The monoisotopic (exact) mass is 842 g/mol. The maximum Gasteiger partial charge on any atom is 0.159 e. The fourth-order valence-electron chi connectivity index (χ4n) is 10.3. The molecule has 0 spiro atoms. The van der Waals surface area contributed by atoms with Gasteiger partial charge in [-0.05, 0) is 105 Å². The summed E-state index contributed by atoms with van der Waals surface area (Å²) >= 11 is 0. The van der Waals surface area contributed by atoms with Crippen LogP contribution in [0.15, 0.2) is 185 Å². The van der Waals surface area contributed by atoms with Crippen molar-refractivity contribution >= 4 is 110 Å². The van der Waals surface area contributed by atoms with Gasteiger partial charge in [-0.15, -0.1) is 0 Å². The Morgan fingerprint density at radius 2 is 0.754 bits per heavy atom. The van der Waals surface area contributed by atoms with Crippen molar-refractivity contribution in [2.45, 2.75) is 59.3 Å². The summed E-state index contributed by atoms with van der Waals surface area (Å²) in [7, 11) is 0. The van der Waals surface area contributed by atoms with Crippen LogP contribution < -0.4 is 9.80 Å². The summed E-state index contributed by atoms with van der Waals surface area (Å²) in [5.74, 6) is 1.06. The molecule has 0 amide bonds. The van der Waals surface area contributed by atoms with Crippen LogP contribution in [-0.2, 0) is 0 Å². The third kappa shape index (κ3) is 6.19. The lowest BCUT2D eigenvalue weighted by Crippen LogP contribution is -2.15.